The number of carboxylic acids is 1. The van der Waals surface area contributed by atoms with Crippen molar-refractivity contribution in [2.24, 2.45) is 0 Å². The van der Waals surface area contributed by atoms with Gasteiger partial charge in [0.05, 0.1) is 6.42 Å². The lowest BCUT2D eigenvalue weighted by Gasteiger charge is -2.04. The summed E-state index contributed by atoms with van der Waals surface area (Å²) in [5.74, 6) is -1.42. The summed E-state index contributed by atoms with van der Waals surface area (Å²) in [6.07, 6.45) is 3.05. The second-order valence-corrected chi connectivity index (χ2v) is 3.66. The highest BCUT2D eigenvalue weighted by Crippen LogP contribution is 2.21. The van der Waals surface area contributed by atoms with E-state index in [1.54, 1.807) is 30.6 Å². The van der Waals surface area contributed by atoms with E-state index in [-0.39, 0.29) is 6.42 Å². The average Bonchev–Trinajstić information content (AvgIpc) is 2.28. The van der Waals surface area contributed by atoms with Gasteiger partial charge in [-0.1, -0.05) is 12.1 Å². The van der Waals surface area contributed by atoms with Crippen LogP contribution in [0.3, 0.4) is 0 Å². The maximum atomic E-state index is 13.4. The predicted molar refractivity (Wildman–Crippen MR) is 61.0 cm³/mol. The van der Waals surface area contributed by atoms with Gasteiger partial charge >= 0.3 is 5.97 Å². The zero-order valence-corrected chi connectivity index (χ0v) is 8.93. The van der Waals surface area contributed by atoms with Gasteiger partial charge in [-0.2, -0.15) is 0 Å². The number of aromatic nitrogens is 1. The fourth-order valence-corrected chi connectivity index (χ4v) is 1.63. The van der Waals surface area contributed by atoms with Gasteiger partial charge in [-0.3, -0.25) is 9.78 Å². The molecule has 1 aromatic carbocycles. The molecular formula is C13H10FNO2. The summed E-state index contributed by atoms with van der Waals surface area (Å²) in [6, 6.07) is 7.80. The van der Waals surface area contributed by atoms with Crippen LogP contribution >= 0.6 is 0 Å². The van der Waals surface area contributed by atoms with Crippen LogP contribution in [0.15, 0.2) is 42.7 Å². The molecule has 0 fully saturated rings. The first-order chi connectivity index (χ1) is 8.15. The lowest BCUT2D eigenvalue weighted by Crippen LogP contribution is -2.00. The van der Waals surface area contributed by atoms with E-state index in [1.165, 1.54) is 12.1 Å². The summed E-state index contributed by atoms with van der Waals surface area (Å²) in [5, 5.41) is 8.68. The summed E-state index contributed by atoms with van der Waals surface area (Å²) in [6.45, 7) is 0. The molecule has 0 aliphatic heterocycles. The number of nitrogens with zero attached hydrogens (tertiary/aromatic N) is 1. The quantitative estimate of drug-likeness (QED) is 0.883. The van der Waals surface area contributed by atoms with Crippen molar-refractivity contribution in [3.8, 4) is 11.1 Å². The number of benzene rings is 1. The molecule has 4 heteroatoms. The van der Waals surface area contributed by atoms with Gasteiger partial charge in [0.15, 0.2) is 0 Å². The van der Waals surface area contributed by atoms with Crippen LogP contribution in [0, 0.1) is 5.82 Å². The Morgan fingerprint density at radius 1 is 1.29 bits per heavy atom. The first kappa shape index (κ1) is 11.3. The van der Waals surface area contributed by atoms with E-state index in [1.807, 2.05) is 0 Å². The fourth-order valence-electron chi connectivity index (χ4n) is 1.63. The molecule has 0 radical (unpaired) electrons. The van der Waals surface area contributed by atoms with Gasteiger partial charge in [0.1, 0.15) is 5.82 Å². The van der Waals surface area contributed by atoms with Crippen molar-refractivity contribution in [1.29, 1.82) is 0 Å². The number of halogens is 1. The van der Waals surface area contributed by atoms with E-state index >= 15 is 0 Å². The Bertz CT molecular complexity index is 540. The van der Waals surface area contributed by atoms with Gasteiger partial charge in [0, 0.05) is 18.0 Å². The predicted octanol–water partition coefficient (Wildman–Crippen LogP) is 2.51. The van der Waals surface area contributed by atoms with Crippen molar-refractivity contribution < 1.29 is 14.3 Å². The topological polar surface area (TPSA) is 50.2 Å². The molecule has 0 unspecified atom stereocenters. The Balaban J connectivity index is 2.42. The van der Waals surface area contributed by atoms with Crippen LogP contribution in [0.1, 0.15) is 5.56 Å². The van der Waals surface area contributed by atoms with Crippen molar-refractivity contribution in [2.45, 2.75) is 6.42 Å². The summed E-state index contributed by atoms with van der Waals surface area (Å²) >= 11 is 0. The summed E-state index contributed by atoms with van der Waals surface area (Å²) < 4.78 is 13.4. The molecule has 0 saturated heterocycles. The third kappa shape index (κ3) is 2.87. The molecule has 1 aromatic heterocycles. The molecule has 1 heterocycles. The smallest absolute Gasteiger partial charge is 0.307 e. The first-order valence-corrected chi connectivity index (χ1v) is 5.07. The summed E-state index contributed by atoms with van der Waals surface area (Å²) in [4.78, 5) is 14.5. The van der Waals surface area contributed by atoms with Crippen LogP contribution in [0.5, 0.6) is 0 Å². The van der Waals surface area contributed by atoms with Crippen molar-refractivity contribution in [1.82, 2.24) is 4.98 Å². The molecule has 0 spiro atoms. The third-order valence-electron chi connectivity index (χ3n) is 2.31. The first-order valence-electron chi connectivity index (χ1n) is 5.07. The Hall–Kier alpha value is -2.23. The van der Waals surface area contributed by atoms with E-state index < -0.39 is 11.8 Å². The van der Waals surface area contributed by atoms with Crippen molar-refractivity contribution in [3.63, 3.8) is 0 Å². The number of pyridine rings is 1. The average molecular weight is 231 g/mol. The monoisotopic (exact) mass is 231 g/mol. The van der Waals surface area contributed by atoms with Crippen LogP contribution in [-0.2, 0) is 11.2 Å². The van der Waals surface area contributed by atoms with Crippen molar-refractivity contribution >= 4 is 5.97 Å². The van der Waals surface area contributed by atoms with Crippen LogP contribution in [0.25, 0.3) is 11.1 Å². The molecule has 0 atom stereocenters. The lowest BCUT2D eigenvalue weighted by atomic mass is 10.0. The van der Waals surface area contributed by atoms with Crippen LogP contribution in [-0.4, -0.2) is 16.1 Å². The van der Waals surface area contributed by atoms with Crippen LogP contribution in [0.2, 0.25) is 0 Å². The molecule has 0 saturated carbocycles. The summed E-state index contributed by atoms with van der Waals surface area (Å²) in [5.41, 5.74) is 1.84. The Morgan fingerprint density at radius 3 is 2.76 bits per heavy atom. The Morgan fingerprint density at radius 2 is 2.12 bits per heavy atom. The highest BCUT2D eigenvalue weighted by atomic mass is 19.1. The number of rotatable bonds is 3. The molecular weight excluding hydrogens is 221 g/mol. The second-order valence-electron chi connectivity index (χ2n) is 3.66. The highest BCUT2D eigenvalue weighted by Gasteiger charge is 2.06. The molecule has 1 N–H and O–H groups in total. The van der Waals surface area contributed by atoms with Gasteiger partial charge in [-0.25, -0.2) is 4.39 Å². The number of carboxylic acid groups (broad SMARTS) is 1. The molecule has 17 heavy (non-hydrogen) atoms. The highest BCUT2D eigenvalue weighted by molar-refractivity contribution is 5.72. The zero-order chi connectivity index (χ0) is 12.3. The van der Waals surface area contributed by atoms with E-state index in [4.69, 9.17) is 5.11 Å². The molecule has 3 nitrogen and oxygen atoms in total. The molecule has 86 valence electrons. The molecule has 0 amide bonds. The van der Waals surface area contributed by atoms with E-state index in [2.05, 4.69) is 4.98 Å². The van der Waals surface area contributed by atoms with Crippen LogP contribution < -0.4 is 0 Å². The number of hydrogen-bond acceptors (Lipinski definition) is 2. The van der Waals surface area contributed by atoms with E-state index in [9.17, 15) is 9.18 Å². The van der Waals surface area contributed by atoms with Gasteiger partial charge in [-0.15, -0.1) is 0 Å². The molecule has 0 aliphatic carbocycles. The second kappa shape index (κ2) is 4.74. The number of aliphatic carboxylic acids is 1. The van der Waals surface area contributed by atoms with Gasteiger partial charge in [0.25, 0.3) is 0 Å². The minimum atomic E-state index is -0.979. The third-order valence-corrected chi connectivity index (χ3v) is 2.31. The standard InChI is InChI=1S/C13H10FNO2/c14-12-5-9(6-13(16)17)4-11(7-12)10-2-1-3-15-8-10/h1-5,7-8H,6H2,(H,16,17). The molecule has 0 bridgehead atoms. The molecule has 2 rings (SSSR count). The van der Waals surface area contributed by atoms with Gasteiger partial charge < -0.3 is 5.11 Å². The van der Waals surface area contributed by atoms with Gasteiger partial charge in [0.2, 0.25) is 0 Å². The van der Waals surface area contributed by atoms with Crippen LogP contribution in [0.4, 0.5) is 4.39 Å². The van der Waals surface area contributed by atoms with E-state index in [0.29, 0.717) is 11.1 Å². The summed E-state index contributed by atoms with van der Waals surface area (Å²) in [7, 11) is 0. The Labute approximate surface area is 97.6 Å². The molecule has 2 aromatic rings. The van der Waals surface area contributed by atoms with Gasteiger partial charge in [-0.05, 0) is 29.3 Å². The lowest BCUT2D eigenvalue weighted by molar-refractivity contribution is -0.136. The molecule has 0 aliphatic rings. The fraction of sp³-hybridized carbons (Fsp3) is 0.0769. The minimum Gasteiger partial charge on any atom is -0.481 e. The maximum absolute atomic E-state index is 13.4. The van der Waals surface area contributed by atoms with E-state index in [0.717, 1.165) is 5.56 Å². The minimum absolute atomic E-state index is 0.189. The largest absolute Gasteiger partial charge is 0.481 e. The normalized spacial score (nSPS) is 10.2. The SMILES string of the molecule is O=C(O)Cc1cc(F)cc(-c2cccnc2)c1. The number of carbonyl (C=O) groups is 1. The van der Waals surface area contributed by atoms with Crippen molar-refractivity contribution in [2.75, 3.05) is 0 Å². The maximum Gasteiger partial charge on any atom is 0.307 e. The number of hydrogen-bond donors (Lipinski definition) is 1. The van der Waals surface area contributed by atoms with Crippen molar-refractivity contribution in [3.05, 3.63) is 54.1 Å². The Kier molecular flexibility index (Phi) is 3.14. The zero-order valence-electron chi connectivity index (χ0n) is 8.93.